The van der Waals surface area contributed by atoms with Crippen LogP contribution in [0.3, 0.4) is 0 Å². The smallest absolute Gasteiger partial charge is 0.432 e. The number of aryl methyl sites for hydroxylation is 1. The van der Waals surface area contributed by atoms with Crippen LogP contribution in [0.25, 0.3) is 0 Å². The summed E-state index contributed by atoms with van der Waals surface area (Å²) in [4.78, 5) is 24.9. The van der Waals surface area contributed by atoms with Gasteiger partial charge in [0.1, 0.15) is 18.3 Å². The van der Waals surface area contributed by atoms with Crippen LogP contribution in [0.15, 0.2) is 54.5 Å². The minimum absolute atomic E-state index is 0.0618. The van der Waals surface area contributed by atoms with E-state index in [2.05, 4.69) is 6.58 Å². The fourth-order valence-electron chi connectivity index (χ4n) is 4.85. The van der Waals surface area contributed by atoms with Crippen LogP contribution in [-0.2, 0) is 19.9 Å². The minimum Gasteiger partial charge on any atom is -0.497 e. The third-order valence-corrected chi connectivity index (χ3v) is 9.23. The van der Waals surface area contributed by atoms with E-state index in [0.717, 1.165) is 5.57 Å². The molecule has 2 heterocycles. The van der Waals surface area contributed by atoms with Gasteiger partial charge in [0.05, 0.1) is 25.6 Å². The van der Waals surface area contributed by atoms with Crippen molar-refractivity contribution < 1.29 is 32.2 Å². The van der Waals surface area contributed by atoms with Crippen molar-refractivity contribution in [2.75, 3.05) is 0 Å². The largest absolute Gasteiger partial charge is 0.497 e. The number of aldehydes is 1. The summed E-state index contributed by atoms with van der Waals surface area (Å²) in [5, 5.41) is 0.175. The molecule has 10 heteroatoms. The molecule has 0 aromatic heterocycles. The van der Waals surface area contributed by atoms with Gasteiger partial charge in [-0.2, -0.15) is 13.2 Å². The fraction of sp³-hybridized carbons (Fsp3) is 0.333. The third-order valence-electron chi connectivity index (χ3n) is 6.83. The lowest BCUT2D eigenvalue weighted by Crippen LogP contribution is -2.41. The van der Waals surface area contributed by atoms with Gasteiger partial charge in [-0.05, 0) is 65.3 Å². The molecule has 37 heavy (non-hydrogen) atoms. The maximum absolute atomic E-state index is 14.5. The predicted molar refractivity (Wildman–Crippen MR) is 143 cm³/mol. The molecule has 4 rings (SSSR count). The molecule has 4 atom stereocenters. The van der Waals surface area contributed by atoms with E-state index in [4.69, 9.17) is 32.7 Å². The van der Waals surface area contributed by atoms with Gasteiger partial charge in [-0.25, -0.2) is 0 Å². The Labute approximate surface area is 235 Å². The van der Waals surface area contributed by atoms with Gasteiger partial charge in [-0.1, -0.05) is 48.0 Å². The van der Waals surface area contributed by atoms with Gasteiger partial charge in [0.2, 0.25) is 5.60 Å². The van der Waals surface area contributed by atoms with Crippen molar-refractivity contribution in [3.63, 3.8) is 0 Å². The number of hydrogen-bond acceptors (Lipinski definition) is 4. The summed E-state index contributed by atoms with van der Waals surface area (Å²) in [5.74, 6) is -2.26. The summed E-state index contributed by atoms with van der Waals surface area (Å²) in [6.45, 7) is 7.29. The van der Waals surface area contributed by atoms with Crippen molar-refractivity contribution in [2.45, 2.75) is 50.5 Å². The second-order valence-electron chi connectivity index (χ2n) is 9.35. The zero-order valence-electron chi connectivity index (χ0n) is 19.8. The molecule has 2 aliphatic heterocycles. The highest BCUT2D eigenvalue weighted by Crippen LogP contribution is 2.57. The quantitative estimate of drug-likeness (QED) is 0.103. The Morgan fingerprint density at radius 2 is 1.86 bits per heavy atom. The Kier molecular flexibility index (Phi) is 7.76. The van der Waals surface area contributed by atoms with E-state index >= 15 is 0 Å². The van der Waals surface area contributed by atoms with E-state index in [1.807, 2.05) is 29.5 Å². The van der Waals surface area contributed by atoms with Crippen molar-refractivity contribution >= 4 is 57.9 Å². The monoisotopic (exact) mass is 664 g/mol. The average molecular weight is 665 g/mol. The zero-order chi connectivity index (χ0) is 27.3. The standard InChI is InChI=1S/C27H22Cl2F3IO4/c1-13-6-23(36-12-13)20(11-34)25(35)18-5-4-16(7-14(18)2)19-10-26(27(30,31)32,37-15(19)3)17-8-21(28)24(33)22(29)9-17/h4-5,7-9,11-12,19-20,23H,3,6,10H2,1-2H3/t19?,20?,23?,26-/m0/s1. The molecule has 1 saturated heterocycles. The van der Waals surface area contributed by atoms with Gasteiger partial charge in [0.15, 0.2) is 5.78 Å². The zero-order valence-corrected chi connectivity index (χ0v) is 23.5. The molecule has 0 spiro atoms. The van der Waals surface area contributed by atoms with E-state index in [1.54, 1.807) is 19.1 Å². The highest BCUT2D eigenvalue weighted by molar-refractivity contribution is 14.1. The topological polar surface area (TPSA) is 52.6 Å². The molecule has 0 bridgehead atoms. The molecule has 2 aliphatic rings. The van der Waals surface area contributed by atoms with Gasteiger partial charge in [-0.15, -0.1) is 0 Å². The Balaban J connectivity index is 1.66. The van der Waals surface area contributed by atoms with Crippen molar-refractivity contribution in [2.24, 2.45) is 5.92 Å². The van der Waals surface area contributed by atoms with Crippen LogP contribution in [0.5, 0.6) is 0 Å². The van der Waals surface area contributed by atoms with Crippen LogP contribution in [-0.4, -0.2) is 24.3 Å². The molecule has 0 N–H and O–H groups in total. The molecular formula is C27H22Cl2F3IO4. The highest BCUT2D eigenvalue weighted by atomic mass is 127. The lowest BCUT2D eigenvalue weighted by molar-refractivity contribution is -0.261. The van der Waals surface area contributed by atoms with Crippen molar-refractivity contribution in [3.05, 3.63) is 90.4 Å². The highest BCUT2D eigenvalue weighted by Gasteiger charge is 2.63. The van der Waals surface area contributed by atoms with Crippen molar-refractivity contribution in [1.82, 2.24) is 0 Å². The number of halogens is 6. The lowest BCUT2D eigenvalue weighted by atomic mass is 9.82. The second-order valence-corrected chi connectivity index (χ2v) is 11.2. The van der Waals surface area contributed by atoms with Crippen LogP contribution in [0.2, 0.25) is 10.0 Å². The fourth-order valence-corrected chi connectivity index (χ4v) is 5.65. The molecule has 2 aromatic rings. The Bertz CT molecular complexity index is 1300. The van der Waals surface area contributed by atoms with Gasteiger partial charge < -0.3 is 14.3 Å². The van der Waals surface area contributed by atoms with E-state index in [9.17, 15) is 22.8 Å². The first-order chi connectivity index (χ1) is 17.3. The number of Topliss-reactive ketones (excluding diaryl/α,β-unsaturated/α-hetero) is 1. The summed E-state index contributed by atoms with van der Waals surface area (Å²) < 4.78 is 55.0. The molecule has 0 amide bonds. The number of rotatable bonds is 6. The number of carbonyl (C=O) groups is 2. The Morgan fingerprint density at radius 3 is 2.38 bits per heavy atom. The summed E-state index contributed by atoms with van der Waals surface area (Å²) in [7, 11) is 0. The van der Waals surface area contributed by atoms with Crippen molar-refractivity contribution in [1.29, 1.82) is 0 Å². The number of ether oxygens (including phenoxy) is 2. The third kappa shape index (κ3) is 5.04. The van der Waals surface area contributed by atoms with E-state index in [-0.39, 0.29) is 21.4 Å². The maximum Gasteiger partial charge on any atom is 0.432 e. The number of hydrogen-bond donors (Lipinski definition) is 0. The van der Waals surface area contributed by atoms with Gasteiger partial charge >= 0.3 is 6.18 Å². The summed E-state index contributed by atoms with van der Waals surface area (Å²) in [6.07, 6.45) is -3.26. The van der Waals surface area contributed by atoms with Gasteiger partial charge in [-0.3, -0.25) is 4.79 Å². The maximum atomic E-state index is 14.5. The number of allylic oxidation sites excluding steroid dienone is 1. The van der Waals surface area contributed by atoms with Crippen molar-refractivity contribution in [3.8, 4) is 0 Å². The van der Waals surface area contributed by atoms with Gasteiger partial charge in [0.25, 0.3) is 0 Å². The van der Waals surface area contributed by atoms with Crippen LogP contribution in [0.4, 0.5) is 13.2 Å². The summed E-state index contributed by atoms with van der Waals surface area (Å²) in [5.41, 5.74) is -0.643. The molecule has 3 unspecified atom stereocenters. The van der Waals surface area contributed by atoms with E-state index in [1.165, 1.54) is 24.5 Å². The minimum atomic E-state index is -4.79. The molecule has 0 radical (unpaired) electrons. The number of carbonyl (C=O) groups excluding carboxylic acids is 2. The van der Waals surface area contributed by atoms with E-state index in [0.29, 0.717) is 33.0 Å². The van der Waals surface area contributed by atoms with Crippen LogP contribution >= 0.6 is 45.8 Å². The normalized spacial score (nSPS) is 24.3. The molecule has 0 saturated carbocycles. The summed E-state index contributed by atoms with van der Waals surface area (Å²) in [6, 6.07) is 7.16. The number of benzene rings is 2. The lowest BCUT2D eigenvalue weighted by Gasteiger charge is -2.32. The Morgan fingerprint density at radius 1 is 1.22 bits per heavy atom. The first-order valence-electron chi connectivity index (χ1n) is 11.3. The first-order valence-corrected chi connectivity index (χ1v) is 13.1. The number of ketones is 1. The van der Waals surface area contributed by atoms with Gasteiger partial charge in [0, 0.05) is 29.9 Å². The molecule has 4 nitrogen and oxygen atoms in total. The second kappa shape index (κ2) is 10.3. The van der Waals surface area contributed by atoms with E-state index < -0.39 is 41.9 Å². The number of alkyl halides is 3. The van der Waals surface area contributed by atoms with Crippen LogP contribution < -0.4 is 0 Å². The Hall–Kier alpha value is -2.04. The first kappa shape index (κ1) is 28.0. The molecule has 1 fully saturated rings. The molecule has 0 aliphatic carbocycles. The average Bonchev–Trinajstić information content (AvgIpc) is 3.41. The SMILES string of the molecule is C=C1O[C@@](c2cc(Cl)c(I)c(Cl)c2)(C(F)(F)F)CC1c1ccc(C(=O)C(C=O)C2CC(C)=CO2)c(C)c1. The van der Waals surface area contributed by atoms with Crippen LogP contribution in [0.1, 0.15) is 52.7 Å². The predicted octanol–water partition coefficient (Wildman–Crippen LogP) is 8.07. The molecular weight excluding hydrogens is 643 g/mol. The van der Waals surface area contributed by atoms with Crippen LogP contribution in [0, 0.1) is 16.4 Å². The molecule has 2 aromatic carbocycles. The molecule has 196 valence electrons. The summed E-state index contributed by atoms with van der Waals surface area (Å²) >= 11 is 14.2.